The van der Waals surface area contributed by atoms with E-state index in [1.165, 1.54) is 57.8 Å². The first kappa shape index (κ1) is 17.5. The number of rotatable bonds is 10. The van der Waals surface area contributed by atoms with E-state index in [1.54, 1.807) is 8.46 Å². The van der Waals surface area contributed by atoms with Crippen LogP contribution < -0.4 is 2.89 Å². The fourth-order valence-electron chi connectivity index (χ4n) is 2.64. The maximum absolute atomic E-state index is 2.54. The van der Waals surface area contributed by atoms with Crippen LogP contribution in [0.3, 0.4) is 0 Å². The molecule has 0 bridgehead atoms. The van der Waals surface area contributed by atoms with E-state index in [2.05, 4.69) is 33.2 Å². The van der Waals surface area contributed by atoms with Gasteiger partial charge in [-0.05, 0) is 0 Å². The molecule has 0 aliphatic heterocycles. The summed E-state index contributed by atoms with van der Waals surface area (Å²) < 4.78 is 1.80. The van der Waals surface area contributed by atoms with Crippen molar-refractivity contribution in [1.29, 1.82) is 0 Å². The van der Waals surface area contributed by atoms with Gasteiger partial charge in [-0.3, -0.25) is 0 Å². The summed E-state index contributed by atoms with van der Waals surface area (Å²) in [5.41, 5.74) is 1.69. The van der Waals surface area contributed by atoms with Crippen molar-refractivity contribution in [2.45, 2.75) is 79.5 Å². The molecule has 0 radical (unpaired) electrons. The second-order valence-corrected chi connectivity index (χ2v) is 23.0. The van der Waals surface area contributed by atoms with E-state index in [-0.39, 0.29) is 0 Å². The van der Waals surface area contributed by atoms with E-state index in [0.717, 1.165) is 0 Å². The zero-order valence-electron chi connectivity index (χ0n) is 13.4. The molecule has 1 aromatic heterocycles. The fraction of sp³-hybridized carbons (Fsp3) is 0.765. The van der Waals surface area contributed by atoms with E-state index in [4.69, 9.17) is 0 Å². The third-order valence-electron chi connectivity index (χ3n) is 3.73. The van der Waals surface area contributed by atoms with Gasteiger partial charge in [-0.25, -0.2) is 0 Å². The number of aryl methyl sites for hydroxylation is 1. The molecule has 0 aliphatic carbocycles. The van der Waals surface area contributed by atoms with Crippen molar-refractivity contribution >= 4 is 32.6 Å². The van der Waals surface area contributed by atoms with Crippen molar-refractivity contribution in [3.05, 3.63) is 17.0 Å². The Morgan fingerprint density at radius 3 is 2.05 bits per heavy atom. The van der Waals surface area contributed by atoms with Crippen LogP contribution in [-0.4, -0.2) is 18.4 Å². The molecule has 0 unspecified atom stereocenters. The van der Waals surface area contributed by atoms with Crippen LogP contribution in [0.25, 0.3) is 0 Å². The molecule has 0 spiro atoms. The third-order valence-corrected chi connectivity index (χ3v) is 14.4. The molecule has 0 aromatic carbocycles. The fourth-order valence-corrected chi connectivity index (χ4v) is 10.6. The predicted molar refractivity (Wildman–Crippen MR) is 93.6 cm³/mol. The van der Waals surface area contributed by atoms with Gasteiger partial charge in [-0.15, -0.1) is 0 Å². The molecule has 0 saturated carbocycles. The summed E-state index contributed by atoms with van der Waals surface area (Å²) in [6.07, 6.45) is 12.8. The van der Waals surface area contributed by atoms with Crippen LogP contribution >= 0.6 is 11.3 Å². The molecule has 0 aliphatic rings. The summed E-state index contributed by atoms with van der Waals surface area (Å²) in [7, 11) is 0. The molecule has 1 heterocycles. The molecule has 0 atom stereocenters. The minimum atomic E-state index is -1.82. The molecule has 0 amide bonds. The minimum absolute atomic E-state index is 1.34. The van der Waals surface area contributed by atoms with E-state index >= 15 is 0 Å². The summed E-state index contributed by atoms with van der Waals surface area (Å²) in [5.74, 6) is 0. The van der Waals surface area contributed by atoms with Crippen molar-refractivity contribution in [1.82, 2.24) is 0 Å². The number of hydrogen-bond donors (Lipinski definition) is 0. The molecule has 0 nitrogen and oxygen atoms in total. The van der Waals surface area contributed by atoms with Gasteiger partial charge in [0.05, 0.1) is 0 Å². The van der Waals surface area contributed by atoms with Gasteiger partial charge in [0.25, 0.3) is 0 Å². The van der Waals surface area contributed by atoms with E-state index < -0.39 is 18.4 Å². The topological polar surface area (TPSA) is 0 Å². The number of unbranched alkanes of at least 4 members (excludes halogenated alkanes) is 7. The molecule has 1 aromatic rings. The summed E-state index contributed by atoms with van der Waals surface area (Å²) >= 11 is 0.202. The van der Waals surface area contributed by atoms with Crippen molar-refractivity contribution in [2.75, 3.05) is 0 Å². The van der Waals surface area contributed by atoms with Crippen molar-refractivity contribution in [3.8, 4) is 0 Å². The zero-order valence-corrected chi connectivity index (χ0v) is 17.1. The van der Waals surface area contributed by atoms with Crippen molar-refractivity contribution < 1.29 is 0 Å². The summed E-state index contributed by atoms with van der Waals surface area (Å²) in [6.45, 7) is 2.29. The molecule has 2 heteroatoms. The molecular formula is C17H32SSn. The predicted octanol–water partition coefficient (Wildman–Crippen LogP) is 5.98. The van der Waals surface area contributed by atoms with Gasteiger partial charge in [-0.1, -0.05) is 0 Å². The van der Waals surface area contributed by atoms with Gasteiger partial charge in [0.1, 0.15) is 0 Å². The monoisotopic (exact) mass is 388 g/mol. The van der Waals surface area contributed by atoms with Crippen LogP contribution in [0.15, 0.2) is 11.4 Å². The Balaban J connectivity index is 2.15. The van der Waals surface area contributed by atoms with E-state index in [9.17, 15) is 0 Å². The van der Waals surface area contributed by atoms with Gasteiger partial charge in [0.15, 0.2) is 0 Å². The van der Waals surface area contributed by atoms with Gasteiger partial charge in [0, 0.05) is 0 Å². The van der Waals surface area contributed by atoms with Crippen LogP contribution in [0.5, 0.6) is 0 Å². The van der Waals surface area contributed by atoms with Gasteiger partial charge in [-0.2, -0.15) is 0 Å². The Hall–Kier alpha value is 0.499. The Morgan fingerprint density at radius 2 is 1.47 bits per heavy atom. The van der Waals surface area contributed by atoms with Gasteiger partial charge >= 0.3 is 129 Å². The molecule has 1 rings (SSSR count). The average molecular weight is 387 g/mol. The second-order valence-electron chi connectivity index (χ2n) is 6.75. The zero-order chi connectivity index (χ0) is 14.1. The average Bonchev–Trinajstić information content (AvgIpc) is 2.81. The number of hydrogen-bond acceptors (Lipinski definition) is 1. The summed E-state index contributed by atoms with van der Waals surface area (Å²) in [4.78, 5) is 7.62. The second kappa shape index (κ2) is 9.44. The first-order valence-corrected chi connectivity index (χ1v) is 19.0. The number of thiophene rings is 1. The first-order valence-electron chi connectivity index (χ1n) is 8.12. The maximum atomic E-state index is 2.54. The molecule has 0 fully saturated rings. The van der Waals surface area contributed by atoms with Crippen LogP contribution in [0.2, 0.25) is 14.8 Å². The third kappa shape index (κ3) is 7.17. The van der Waals surface area contributed by atoms with Crippen LogP contribution in [0.4, 0.5) is 0 Å². The van der Waals surface area contributed by atoms with Crippen LogP contribution in [0, 0.1) is 0 Å². The molecule has 0 N–H and O–H groups in total. The van der Waals surface area contributed by atoms with E-state index in [1.807, 2.05) is 11.3 Å². The standard InChI is InChI=1S/C14H23S.3CH3.Sn/c1-2-3-4-5-6-7-8-9-10-14-11-12-15-13-14;;;;/h11-12H,2-10H2,1H3;3*1H3;. The van der Waals surface area contributed by atoms with Gasteiger partial charge in [0.2, 0.25) is 0 Å². The Bertz CT molecular complexity index is 335. The first-order chi connectivity index (χ1) is 9.05. The van der Waals surface area contributed by atoms with Crippen LogP contribution in [0.1, 0.15) is 63.9 Å². The Labute approximate surface area is 128 Å². The molecule has 0 saturated heterocycles. The molecule has 19 heavy (non-hydrogen) atoms. The summed E-state index contributed by atoms with van der Waals surface area (Å²) in [6, 6.07) is 2.39. The normalized spacial score (nSPS) is 12.0. The molecule has 110 valence electrons. The van der Waals surface area contributed by atoms with Crippen molar-refractivity contribution in [2.24, 2.45) is 0 Å². The quantitative estimate of drug-likeness (QED) is 0.343. The van der Waals surface area contributed by atoms with E-state index in [0.29, 0.717) is 0 Å². The molecular weight excluding hydrogens is 355 g/mol. The SMILES string of the molecule is CCCCCCCCCCc1ccs[c]1[Sn]([CH3])([CH3])[CH3]. The van der Waals surface area contributed by atoms with Crippen molar-refractivity contribution in [3.63, 3.8) is 0 Å². The van der Waals surface area contributed by atoms with Crippen LogP contribution in [-0.2, 0) is 6.42 Å². The Morgan fingerprint density at radius 1 is 0.895 bits per heavy atom. The van der Waals surface area contributed by atoms with Gasteiger partial charge < -0.3 is 0 Å². The Kier molecular flexibility index (Phi) is 8.72. The summed E-state index contributed by atoms with van der Waals surface area (Å²) in [5, 5.41) is 2.32.